The average Bonchev–Trinajstić information content (AvgIpc) is 3.04. The number of aliphatic hydroxyl groups is 1. The van der Waals surface area contributed by atoms with E-state index >= 15 is 0 Å². The van der Waals surface area contributed by atoms with Crippen LogP contribution in [0.4, 0.5) is 4.39 Å². The molecule has 1 aliphatic heterocycles. The molecule has 1 aromatic carbocycles. The van der Waals surface area contributed by atoms with Crippen molar-refractivity contribution in [1.82, 2.24) is 18.9 Å². The van der Waals surface area contributed by atoms with Gasteiger partial charge in [-0.3, -0.25) is 23.5 Å². The van der Waals surface area contributed by atoms with Crippen LogP contribution in [0.3, 0.4) is 0 Å². The Labute approximate surface area is 276 Å². The molecule has 3 fully saturated rings. The number of halogens is 1. The lowest BCUT2D eigenvalue weighted by atomic mass is 9.46. The highest BCUT2D eigenvalue weighted by Gasteiger charge is 2.55. The molecule has 0 bridgehead atoms. The summed E-state index contributed by atoms with van der Waals surface area (Å²) in [5.74, 6) is -0.797. The van der Waals surface area contributed by atoms with Crippen LogP contribution < -0.4 is 11.2 Å². The largest absolute Gasteiger partial charge is 0.393 e. The molecular formula is C37H49FN4O5. The van der Waals surface area contributed by atoms with Crippen molar-refractivity contribution in [1.29, 1.82) is 0 Å². The number of piperazine rings is 1. The minimum absolute atomic E-state index is 0.0846. The van der Waals surface area contributed by atoms with Crippen molar-refractivity contribution >= 4 is 11.8 Å². The monoisotopic (exact) mass is 648 g/mol. The van der Waals surface area contributed by atoms with Crippen LogP contribution in [0.1, 0.15) is 71.8 Å². The number of amides is 2. The van der Waals surface area contributed by atoms with Gasteiger partial charge in [-0.1, -0.05) is 68.8 Å². The van der Waals surface area contributed by atoms with Gasteiger partial charge in [0, 0.05) is 32.3 Å². The second kappa shape index (κ2) is 13.7. The number of carbonyl (C=O) groups is 2. The van der Waals surface area contributed by atoms with E-state index in [1.165, 1.54) is 5.57 Å². The number of hydrogen-bond donors (Lipinski definition) is 1. The minimum Gasteiger partial charge on any atom is -0.393 e. The minimum atomic E-state index is -1.10. The average molecular weight is 649 g/mol. The van der Waals surface area contributed by atoms with Crippen molar-refractivity contribution in [3.05, 3.63) is 92.5 Å². The van der Waals surface area contributed by atoms with Gasteiger partial charge in [0.25, 0.3) is 5.56 Å². The van der Waals surface area contributed by atoms with E-state index in [-0.39, 0.29) is 35.3 Å². The number of nitrogens with zero attached hydrogens (tertiary/aromatic N) is 4. The molecule has 1 saturated heterocycles. The fraction of sp³-hybridized carbons (Fsp3) is 0.568. The second-order valence-electron chi connectivity index (χ2n) is 14.7. The Balaban J connectivity index is 1.16. The molecule has 2 amide bonds. The standard InChI is InChI=1S/C37H49FN4O5/c1-25(11-13-28-26(2)12-14-30-36(3,4)31(43)15-16-37(28,30)5)21-32(44)39-17-19-40(20-18-39)33(45)24-41-23-29(38)34(46)42(35(41)47)22-27-9-7-6-8-10-27/h6-10,21,23,28,30-31,43H,2,11-20,22,24H2,1,3-5H3/b25-21+/t28-,30-,31-,37+/m1/s1. The van der Waals surface area contributed by atoms with Crippen molar-refractivity contribution < 1.29 is 19.1 Å². The molecule has 0 unspecified atom stereocenters. The maximum Gasteiger partial charge on any atom is 0.331 e. The molecule has 0 spiro atoms. The molecule has 2 aliphatic carbocycles. The van der Waals surface area contributed by atoms with Crippen LogP contribution in [0.5, 0.6) is 0 Å². The van der Waals surface area contributed by atoms with Gasteiger partial charge in [-0.05, 0) is 73.7 Å². The van der Waals surface area contributed by atoms with Gasteiger partial charge in [0.1, 0.15) is 6.54 Å². The van der Waals surface area contributed by atoms with Gasteiger partial charge in [0.2, 0.25) is 17.6 Å². The predicted octanol–water partition coefficient (Wildman–Crippen LogP) is 4.36. The number of allylic oxidation sites excluding steroid dienone is 2. The van der Waals surface area contributed by atoms with E-state index in [1.807, 2.05) is 6.92 Å². The van der Waals surface area contributed by atoms with Crippen molar-refractivity contribution in [3.63, 3.8) is 0 Å². The molecule has 4 atom stereocenters. The van der Waals surface area contributed by atoms with Crippen molar-refractivity contribution in [3.8, 4) is 0 Å². The number of carbonyl (C=O) groups excluding carboxylic acids is 2. The summed E-state index contributed by atoms with van der Waals surface area (Å²) >= 11 is 0. The Kier molecular flexibility index (Phi) is 10.1. The van der Waals surface area contributed by atoms with Crippen LogP contribution in [0.25, 0.3) is 0 Å². The van der Waals surface area contributed by atoms with E-state index in [2.05, 4.69) is 27.4 Å². The number of hydrogen-bond acceptors (Lipinski definition) is 5. The Hall–Kier alpha value is -3.79. The zero-order chi connectivity index (χ0) is 34.1. The molecule has 0 radical (unpaired) electrons. The molecule has 1 aromatic heterocycles. The Morgan fingerprint density at radius 2 is 1.70 bits per heavy atom. The van der Waals surface area contributed by atoms with Crippen LogP contribution in [0, 0.1) is 28.5 Å². The fourth-order valence-corrected chi connectivity index (χ4v) is 8.50. The van der Waals surface area contributed by atoms with E-state index in [1.54, 1.807) is 46.2 Å². The van der Waals surface area contributed by atoms with Crippen LogP contribution in [0.15, 0.2) is 69.9 Å². The lowest BCUT2D eigenvalue weighted by Crippen LogP contribution is -2.54. The van der Waals surface area contributed by atoms with E-state index in [4.69, 9.17) is 0 Å². The third-order valence-corrected chi connectivity index (χ3v) is 11.4. The zero-order valence-electron chi connectivity index (χ0n) is 28.2. The molecule has 2 saturated carbocycles. The highest BCUT2D eigenvalue weighted by molar-refractivity contribution is 5.88. The normalized spacial score (nSPS) is 26.2. The number of benzene rings is 1. The molecule has 9 nitrogen and oxygen atoms in total. The van der Waals surface area contributed by atoms with Crippen LogP contribution in [0.2, 0.25) is 0 Å². The van der Waals surface area contributed by atoms with Gasteiger partial charge >= 0.3 is 5.69 Å². The van der Waals surface area contributed by atoms with Gasteiger partial charge in [-0.25, -0.2) is 4.79 Å². The smallest absolute Gasteiger partial charge is 0.331 e. The molecule has 47 heavy (non-hydrogen) atoms. The van der Waals surface area contributed by atoms with Crippen molar-refractivity contribution in [2.45, 2.75) is 85.4 Å². The Morgan fingerprint density at radius 3 is 2.38 bits per heavy atom. The molecule has 5 rings (SSSR count). The van der Waals surface area contributed by atoms with Crippen molar-refractivity contribution in [2.75, 3.05) is 26.2 Å². The summed E-state index contributed by atoms with van der Waals surface area (Å²) in [6.45, 7) is 14.0. The van der Waals surface area contributed by atoms with Crippen LogP contribution >= 0.6 is 0 Å². The van der Waals surface area contributed by atoms with Gasteiger partial charge in [-0.15, -0.1) is 0 Å². The Morgan fingerprint density at radius 1 is 1.04 bits per heavy atom. The van der Waals surface area contributed by atoms with Gasteiger partial charge < -0.3 is 14.9 Å². The molecule has 254 valence electrons. The number of aromatic nitrogens is 2. The van der Waals surface area contributed by atoms with Crippen LogP contribution in [-0.2, 0) is 22.7 Å². The van der Waals surface area contributed by atoms with Crippen molar-refractivity contribution in [2.24, 2.45) is 22.7 Å². The van der Waals surface area contributed by atoms with Crippen LogP contribution in [-0.4, -0.2) is 68.1 Å². The third-order valence-electron chi connectivity index (χ3n) is 11.4. The maximum absolute atomic E-state index is 14.5. The molecule has 2 aromatic rings. The first kappa shape index (κ1) is 34.5. The first-order chi connectivity index (χ1) is 22.2. The summed E-state index contributed by atoms with van der Waals surface area (Å²) in [6, 6.07) is 8.79. The molecular weight excluding hydrogens is 599 g/mol. The first-order valence-electron chi connectivity index (χ1n) is 16.9. The third kappa shape index (κ3) is 7.08. The molecule has 2 heterocycles. The predicted molar refractivity (Wildman–Crippen MR) is 179 cm³/mol. The fourth-order valence-electron chi connectivity index (χ4n) is 8.50. The molecule has 10 heteroatoms. The number of aliphatic hydroxyl groups excluding tert-OH is 1. The topological polar surface area (TPSA) is 105 Å². The van der Waals surface area contributed by atoms with E-state index in [9.17, 15) is 28.7 Å². The molecule has 3 aliphatic rings. The summed E-state index contributed by atoms with van der Waals surface area (Å²) < 4.78 is 16.2. The highest BCUT2D eigenvalue weighted by Crippen LogP contribution is 2.61. The number of fused-ring (bicyclic) bond motifs is 1. The summed E-state index contributed by atoms with van der Waals surface area (Å²) in [5.41, 5.74) is 1.13. The first-order valence-corrected chi connectivity index (χ1v) is 16.9. The van der Waals surface area contributed by atoms with Gasteiger partial charge in [-0.2, -0.15) is 4.39 Å². The second-order valence-corrected chi connectivity index (χ2v) is 14.7. The summed E-state index contributed by atoms with van der Waals surface area (Å²) in [7, 11) is 0. The Bertz CT molecular complexity index is 1650. The van der Waals surface area contributed by atoms with E-state index in [0.29, 0.717) is 43.6 Å². The lowest BCUT2D eigenvalue weighted by Gasteiger charge is -2.59. The quantitative estimate of drug-likeness (QED) is 0.339. The lowest BCUT2D eigenvalue weighted by molar-refractivity contribution is -0.137. The SMILES string of the molecule is C=C1CC[C@@H]2C(C)(C)[C@H](O)CC[C@@]2(C)[C@@H]1CC/C(C)=C/C(=O)N1CCN(C(=O)Cn2cc(F)c(=O)n(Cc3ccccc3)c2=O)CC1. The van der Waals surface area contributed by atoms with Gasteiger partial charge in [0.15, 0.2) is 0 Å². The van der Waals surface area contributed by atoms with Gasteiger partial charge in [0.05, 0.1) is 18.8 Å². The number of rotatable bonds is 8. The summed E-state index contributed by atoms with van der Waals surface area (Å²) in [4.78, 5) is 55.0. The highest BCUT2D eigenvalue weighted by atomic mass is 19.1. The zero-order valence-corrected chi connectivity index (χ0v) is 28.2. The molecule has 1 N–H and O–H groups in total. The summed E-state index contributed by atoms with van der Waals surface area (Å²) in [6.07, 6.45) is 7.76. The summed E-state index contributed by atoms with van der Waals surface area (Å²) in [5, 5.41) is 10.7. The van der Waals surface area contributed by atoms with E-state index in [0.717, 1.165) is 59.4 Å². The maximum atomic E-state index is 14.5. The van der Waals surface area contributed by atoms with E-state index < -0.39 is 23.6 Å².